The van der Waals surface area contributed by atoms with Crippen molar-refractivity contribution in [2.24, 2.45) is 5.92 Å². The summed E-state index contributed by atoms with van der Waals surface area (Å²) < 4.78 is 24.2. The van der Waals surface area contributed by atoms with Crippen molar-refractivity contribution < 1.29 is 28.2 Å². The summed E-state index contributed by atoms with van der Waals surface area (Å²) in [7, 11) is 3.13. The van der Waals surface area contributed by atoms with E-state index in [2.05, 4.69) is 5.32 Å². The van der Waals surface area contributed by atoms with E-state index in [-0.39, 0.29) is 18.0 Å². The number of ether oxygens (including phenoxy) is 2. The highest BCUT2D eigenvalue weighted by Crippen LogP contribution is 2.18. The van der Waals surface area contributed by atoms with Crippen LogP contribution in [0.2, 0.25) is 0 Å². The Morgan fingerprint density at radius 2 is 1.71 bits per heavy atom. The summed E-state index contributed by atoms with van der Waals surface area (Å²) in [6.07, 6.45) is 0. The van der Waals surface area contributed by atoms with Crippen molar-refractivity contribution in [2.75, 3.05) is 20.8 Å². The monoisotopic (exact) mass is 430 g/mol. The molecule has 0 spiro atoms. The Bertz CT molecular complexity index is 932. The number of amides is 2. The third-order valence-corrected chi connectivity index (χ3v) is 4.69. The molecule has 0 aliphatic carbocycles. The van der Waals surface area contributed by atoms with Crippen LogP contribution in [0, 0.1) is 11.7 Å². The summed E-state index contributed by atoms with van der Waals surface area (Å²) in [5, 5.41) is 2.49. The molecule has 2 aromatic rings. The second-order valence-corrected chi connectivity index (χ2v) is 7.34. The van der Waals surface area contributed by atoms with Crippen LogP contribution in [0.15, 0.2) is 48.5 Å². The minimum atomic E-state index is -1.03. The third-order valence-electron chi connectivity index (χ3n) is 4.69. The highest BCUT2D eigenvalue weighted by atomic mass is 19.1. The Labute approximate surface area is 181 Å². The van der Waals surface area contributed by atoms with E-state index in [1.807, 2.05) is 18.2 Å². The molecule has 7 nitrogen and oxygen atoms in total. The normalized spacial score (nSPS) is 11.5. The molecule has 1 N–H and O–H groups in total. The van der Waals surface area contributed by atoms with Gasteiger partial charge < -0.3 is 19.7 Å². The molecule has 0 aromatic heterocycles. The summed E-state index contributed by atoms with van der Waals surface area (Å²) in [5.41, 5.74) is 0.637. The zero-order valence-electron chi connectivity index (χ0n) is 18.1. The minimum Gasteiger partial charge on any atom is -0.496 e. The lowest BCUT2D eigenvalue weighted by molar-refractivity contribution is -0.154. The molecule has 1 atom stereocenters. The van der Waals surface area contributed by atoms with Crippen molar-refractivity contribution in [3.63, 3.8) is 0 Å². The number of hydrogen-bond donors (Lipinski definition) is 1. The van der Waals surface area contributed by atoms with Gasteiger partial charge in [0.15, 0.2) is 6.61 Å². The molecule has 0 saturated heterocycles. The smallest absolute Gasteiger partial charge is 0.329 e. The van der Waals surface area contributed by atoms with Gasteiger partial charge in [-0.3, -0.25) is 9.59 Å². The first-order chi connectivity index (χ1) is 14.7. The van der Waals surface area contributed by atoms with E-state index in [1.165, 1.54) is 23.1 Å². The molecule has 0 radical (unpaired) electrons. The Kier molecular flexibility index (Phi) is 8.54. The first-order valence-corrected chi connectivity index (χ1v) is 9.82. The van der Waals surface area contributed by atoms with Gasteiger partial charge >= 0.3 is 5.97 Å². The van der Waals surface area contributed by atoms with E-state index in [0.29, 0.717) is 5.75 Å². The number of methoxy groups -OCH3 is 1. The van der Waals surface area contributed by atoms with Gasteiger partial charge in [0.25, 0.3) is 11.8 Å². The van der Waals surface area contributed by atoms with Crippen LogP contribution in [0.1, 0.15) is 29.8 Å². The van der Waals surface area contributed by atoms with Crippen LogP contribution in [-0.4, -0.2) is 49.5 Å². The average Bonchev–Trinajstić information content (AvgIpc) is 2.75. The SMILES string of the molecule is COc1ccccc1CN(C)C(=O)COC(=O)C(NC(=O)c1ccccc1F)C(C)C. The van der Waals surface area contributed by atoms with Gasteiger partial charge in [-0.25, -0.2) is 9.18 Å². The van der Waals surface area contributed by atoms with Crippen LogP contribution < -0.4 is 10.1 Å². The zero-order valence-corrected chi connectivity index (χ0v) is 18.1. The molecule has 2 rings (SSSR count). The van der Waals surface area contributed by atoms with Gasteiger partial charge in [0.05, 0.1) is 12.7 Å². The molecular formula is C23H27FN2O5. The van der Waals surface area contributed by atoms with Crippen LogP contribution in [0.25, 0.3) is 0 Å². The number of nitrogens with one attached hydrogen (secondary N) is 1. The van der Waals surface area contributed by atoms with Gasteiger partial charge in [-0.1, -0.05) is 44.2 Å². The first-order valence-electron chi connectivity index (χ1n) is 9.82. The lowest BCUT2D eigenvalue weighted by Gasteiger charge is -2.22. The fourth-order valence-corrected chi connectivity index (χ4v) is 2.87. The number of hydrogen-bond acceptors (Lipinski definition) is 5. The number of rotatable bonds is 9. The highest BCUT2D eigenvalue weighted by Gasteiger charge is 2.28. The van der Waals surface area contributed by atoms with Crippen molar-refractivity contribution in [1.29, 1.82) is 0 Å². The van der Waals surface area contributed by atoms with Gasteiger partial charge in [-0.15, -0.1) is 0 Å². The largest absolute Gasteiger partial charge is 0.496 e. The molecule has 0 aliphatic heterocycles. The van der Waals surface area contributed by atoms with Crippen LogP contribution in [0.3, 0.4) is 0 Å². The van der Waals surface area contributed by atoms with Crippen molar-refractivity contribution in [3.8, 4) is 5.75 Å². The predicted molar refractivity (Wildman–Crippen MR) is 113 cm³/mol. The van der Waals surface area contributed by atoms with E-state index >= 15 is 0 Å². The van der Waals surface area contributed by atoms with Crippen molar-refractivity contribution in [2.45, 2.75) is 26.4 Å². The van der Waals surface area contributed by atoms with Crippen molar-refractivity contribution in [1.82, 2.24) is 10.2 Å². The molecule has 0 fully saturated rings. The van der Waals surface area contributed by atoms with Crippen molar-refractivity contribution in [3.05, 3.63) is 65.5 Å². The van der Waals surface area contributed by atoms with Gasteiger partial charge in [0.2, 0.25) is 0 Å². The molecule has 0 heterocycles. The zero-order chi connectivity index (χ0) is 23.0. The molecular weight excluding hydrogens is 403 g/mol. The lowest BCUT2D eigenvalue weighted by Crippen LogP contribution is -2.46. The number of likely N-dealkylation sites (N-methyl/N-ethyl adjacent to an activating group) is 1. The van der Waals surface area contributed by atoms with Crippen LogP contribution in [0.5, 0.6) is 5.75 Å². The molecule has 0 bridgehead atoms. The Morgan fingerprint density at radius 1 is 1.06 bits per heavy atom. The summed E-state index contributed by atoms with van der Waals surface area (Å²) >= 11 is 0. The first kappa shape index (κ1) is 23.9. The van der Waals surface area contributed by atoms with Gasteiger partial charge in [-0.2, -0.15) is 0 Å². The molecule has 0 saturated carbocycles. The quantitative estimate of drug-likeness (QED) is 0.619. The Morgan fingerprint density at radius 3 is 2.35 bits per heavy atom. The molecule has 2 amide bonds. The molecule has 1 unspecified atom stereocenters. The number of para-hydroxylation sites is 1. The van der Waals surface area contributed by atoms with Crippen molar-refractivity contribution >= 4 is 17.8 Å². The topological polar surface area (TPSA) is 84.9 Å². The second-order valence-electron chi connectivity index (χ2n) is 7.34. The standard InChI is InChI=1S/C23H27FN2O5/c1-15(2)21(25-22(28)17-10-6-7-11-18(17)24)23(29)31-14-20(27)26(3)13-16-9-5-8-12-19(16)30-4/h5-12,15,21H,13-14H2,1-4H3,(H,25,28). The van der Waals surface area contributed by atoms with E-state index in [4.69, 9.17) is 9.47 Å². The van der Waals surface area contributed by atoms with Crippen LogP contribution in [0.4, 0.5) is 4.39 Å². The summed E-state index contributed by atoms with van der Waals surface area (Å²) in [6, 6.07) is 11.7. The highest BCUT2D eigenvalue weighted by molar-refractivity contribution is 5.97. The van der Waals surface area contributed by atoms with Gasteiger partial charge in [0.1, 0.15) is 17.6 Å². The summed E-state index contributed by atoms with van der Waals surface area (Å²) in [6.45, 7) is 3.22. The Hall–Kier alpha value is -3.42. The fraction of sp³-hybridized carbons (Fsp3) is 0.348. The van der Waals surface area contributed by atoms with Gasteiger partial charge in [-0.05, 0) is 24.1 Å². The number of carbonyl (C=O) groups excluding carboxylic acids is 3. The summed E-state index contributed by atoms with van der Waals surface area (Å²) in [4.78, 5) is 38.7. The summed E-state index contributed by atoms with van der Waals surface area (Å²) in [5.74, 6) is -2.28. The lowest BCUT2D eigenvalue weighted by atomic mass is 10.0. The number of halogens is 1. The minimum absolute atomic E-state index is 0.173. The van der Waals surface area contributed by atoms with E-state index in [1.54, 1.807) is 34.1 Å². The molecule has 8 heteroatoms. The average molecular weight is 430 g/mol. The van der Waals surface area contributed by atoms with E-state index < -0.39 is 36.2 Å². The van der Waals surface area contributed by atoms with E-state index in [9.17, 15) is 18.8 Å². The maximum absolute atomic E-state index is 13.8. The maximum Gasteiger partial charge on any atom is 0.329 e. The fourth-order valence-electron chi connectivity index (χ4n) is 2.87. The molecule has 2 aromatic carbocycles. The second kappa shape index (κ2) is 11.1. The third kappa shape index (κ3) is 6.53. The Balaban J connectivity index is 1.95. The van der Waals surface area contributed by atoms with Gasteiger partial charge in [0, 0.05) is 19.2 Å². The van der Waals surface area contributed by atoms with E-state index in [0.717, 1.165) is 11.6 Å². The number of benzene rings is 2. The molecule has 0 aliphatic rings. The number of esters is 1. The molecule has 31 heavy (non-hydrogen) atoms. The molecule has 166 valence electrons. The maximum atomic E-state index is 13.8. The predicted octanol–water partition coefficient (Wildman–Crippen LogP) is 2.79. The number of carbonyl (C=O) groups is 3. The number of nitrogens with zero attached hydrogens (tertiary/aromatic N) is 1. The van der Waals surface area contributed by atoms with Crippen LogP contribution in [-0.2, 0) is 20.9 Å². The van der Waals surface area contributed by atoms with Crippen LogP contribution >= 0.6 is 0 Å².